The standard InChI is InChI=1S/C15H18ClNO6S/c1-10-6-12(2-3-13(10)16)22-8-15(19)23-7-14(18)17-11-4-5-24(20,21)9-11/h2-3,6,11H,4-5,7-9H2,1H3,(H,17,18)/t11-/m1/s1. The Kier molecular flexibility index (Phi) is 6.06. The maximum absolute atomic E-state index is 11.6. The molecule has 0 spiro atoms. The summed E-state index contributed by atoms with van der Waals surface area (Å²) in [6, 6.07) is 4.54. The molecule has 1 aromatic carbocycles. The Balaban J connectivity index is 1.69. The number of amides is 1. The molecule has 1 N–H and O–H groups in total. The van der Waals surface area contributed by atoms with E-state index in [0.29, 0.717) is 17.2 Å². The fraction of sp³-hybridized carbons (Fsp3) is 0.467. The Hall–Kier alpha value is -1.80. The molecular formula is C15H18ClNO6S. The summed E-state index contributed by atoms with van der Waals surface area (Å²) >= 11 is 5.89. The number of carbonyl (C=O) groups excluding carboxylic acids is 2. The molecule has 1 heterocycles. The van der Waals surface area contributed by atoms with Crippen molar-refractivity contribution in [3.8, 4) is 5.75 Å². The first-order chi connectivity index (χ1) is 11.2. The molecular weight excluding hydrogens is 358 g/mol. The van der Waals surface area contributed by atoms with Crippen molar-refractivity contribution in [1.29, 1.82) is 0 Å². The molecule has 1 aliphatic heterocycles. The lowest BCUT2D eigenvalue weighted by atomic mass is 10.2. The number of nitrogens with one attached hydrogen (secondary N) is 1. The van der Waals surface area contributed by atoms with E-state index in [-0.39, 0.29) is 18.1 Å². The summed E-state index contributed by atoms with van der Waals surface area (Å²) in [4.78, 5) is 23.2. The van der Waals surface area contributed by atoms with Crippen LogP contribution in [0.3, 0.4) is 0 Å². The second-order valence-electron chi connectivity index (χ2n) is 5.53. The molecule has 1 aromatic rings. The molecule has 1 fully saturated rings. The Morgan fingerprint density at radius 1 is 1.33 bits per heavy atom. The minimum absolute atomic E-state index is 0.0616. The molecule has 2 rings (SSSR count). The number of hydrogen-bond donors (Lipinski definition) is 1. The van der Waals surface area contributed by atoms with Gasteiger partial charge >= 0.3 is 5.97 Å². The molecule has 0 unspecified atom stereocenters. The van der Waals surface area contributed by atoms with Crippen LogP contribution in [-0.2, 0) is 24.2 Å². The first-order valence-corrected chi connectivity index (χ1v) is 9.49. The maximum Gasteiger partial charge on any atom is 0.344 e. The summed E-state index contributed by atoms with van der Waals surface area (Å²) in [6.45, 7) is 0.992. The van der Waals surface area contributed by atoms with Gasteiger partial charge in [-0.15, -0.1) is 0 Å². The monoisotopic (exact) mass is 375 g/mol. The van der Waals surface area contributed by atoms with Crippen LogP contribution in [0.5, 0.6) is 5.75 Å². The summed E-state index contributed by atoms with van der Waals surface area (Å²) in [5, 5.41) is 3.12. The highest BCUT2D eigenvalue weighted by molar-refractivity contribution is 7.91. The van der Waals surface area contributed by atoms with Gasteiger partial charge in [-0.25, -0.2) is 13.2 Å². The summed E-state index contributed by atoms with van der Waals surface area (Å²) in [5.74, 6) is -0.781. The molecule has 24 heavy (non-hydrogen) atoms. The minimum Gasteiger partial charge on any atom is -0.482 e. The molecule has 1 saturated heterocycles. The van der Waals surface area contributed by atoms with Crippen molar-refractivity contribution in [2.75, 3.05) is 24.7 Å². The molecule has 0 aliphatic carbocycles. The molecule has 1 aliphatic rings. The molecule has 0 radical (unpaired) electrons. The Morgan fingerprint density at radius 2 is 2.08 bits per heavy atom. The van der Waals surface area contributed by atoms with Crippen molar-refractivity contribution in [3.05, 3.63) is 28.8 Å². The number of sulfone groups is 1. The maximum atomic E-state index is 11.6. The van der Waals surface area contributed by atoms with Crippen LogP contribution in [0.15, 0.2) is 18.2 Å². The second-order valence-corrected chi connectivity index (χ2v) is 8.16. The second kappa shape index (κ2) is 7.85. The highest BCUT2D eigenvalue weighted by atomic mass is 35.5. The third-order valence-corrected chi connectivity index (χ3v) is 5.64. The number of hydrogen-bond acceptors (Lipinski definition) is 6. The number of rotatable bonds is 6. The Labute approximate surface area is 145 Å². The number of esters is 1. The predicted molar refractivity (Wildman–Crippen MR) is 87.8 cm³/mol. The number of carbonyl (C=O) groups is 2. The van der Waals surface area contributed by atoms with E-state index in [9.17, 15) is 18.0 Å². The van der Waals surface area contributed by atoms with Gasteiger partial charge in [-0.3, -0.25) is 4.79 Å². The molecule has 9 heteroatoms. The lowest BCUT2D eigenvalue weighted by Crippen LogP contribution is -2.38. The molecule has 0 saturated carbocycles. The Morgan fingerprint density at radius 3 is 2.71 bits per heavy atom. The van der Waals surface area contributed by atoms with E-state index in [1.807, 2.05) is 0 Å². The van der Waals surface area contributed by atoms with E-state index in [2.05, 4.69) is 5.32 Å². The van der Waals surface area contributed by atoms with E-state index >= 15 is 0 Å². The lowest BCUT2D eigenvalue weighted by Gasteiger charge is -2.11. The van der Waals surface area contributed by atoms with Gasteiger partial charge in [0.25, 0.3) is 5.91 Å². The SMILES string of the molecule is Cc1cc(OCC(=O)OCC(=O)N[C@@H]2CCS(=O)(=O)C2)ccc1Cl. The summed E-state index contributed by atoms with van der Waals surface area (Å²) in [7, 11) is -3.07. The van der Waals surface area contributed by atoms with Crippen molar-refractivity contribution in [2.45, 2.75) is 19.4 Å². The van der Waals surface area contributed by atoms with Crippen LogP contribution in [0.4, 0.5) is 0 Å². The van der Waals surface area contributed by atoms with Gasteiger partial charge in [0, 0.05) is 11.1 Å². The fourth-order valence-corrected chi connectivity index (χ4v) is 4.01. The van der Waals surface area contributed by atoms with Crippen LogP contribution >= 0.6 is 11.6 Å². The van der Waals surface area contributed by atoms with Gasteiger partial charge in [0.15, 0.2) is 23.1 Å². The third-order valence-electron chi connectivity index (χ3n) is 3.45. The van der Waals surface area contributed by atoms with Crippen molar-refractivity contribution >= 4 is 33.3 Å². The summed E-state index contributed by atoms with van der Waals surface area (Å²) in [5.41, 5.74) is 0.813. The van der Waals surface area contributed by atoms with Crippen LogP contribution in [0.25, 0.3) is 0 Å². The zero-order valence-electron chi connectivity index (χ0n) is 13.1. The van der Waals surface area contributed by atoms with Crippen molar-refractivity contribution in [2.24, 2.45) is 0 Å². The van der Waals surface area contributed by atoms with Gasteiger partial charge in [-0.05, 0) is 37.1 Å². The van der Waals surface area contributed by atoms with Crippen LogP contribution in [0.2, 0.25) is 5.02 Å². The number of aryl methyl sites for hydroxylation is 1. The molecule has 132 valence electrons. The summed E-state index contributed by atoms with van der Waals surface area (Å²) < 4.78 is 32.6. The molecule has 1 atom stereocenters. The van der Waals surface area contributed by atoms with E-state index in [1.165, 1.54) is 0 Å². The van der Waals surface area contributed by atoms with Gasteiger partial charge in [0.05, 0.1) is 11.5 Å². The molecule has 0 bridgehead atoms. The van der Waals surface area contributed by atoms with Gasteiger partial charge in [0.2, 0.25) is 0 Å². The van der Waals surface area contributed by atoms with Crippen molar-refractivity contribution in [1.82, 2.24) is 5.32 Å². The minimum atomic E-state index is -3.07. The normalized spacial score (nSPS) is 18.8. The number of ether oxygens (including phenoxy) is 2. The summed E-state index contributed by atoms with van der Waals surface area (Å²) in [6.07, 6.45) is 0.376. The van der Waals surface area contributed by atoms with Gasteiger partial charge < -0.3 is 14.8 Å². The van der Waals surface area contributed by atoms with Crippen molar-refractivity contribution in [3.63, 3.8) is 0 Å². The third kappa shape index (κ3) is 5.68. The number of benzene rings is 1. The van der Waals surface area contributed by atoms with Gasteiger partial charge in [-0.2, -0.15) is 0 Å². The fourth-order valence-electron chi connectivity index (χ4n) is 2.22. The van der Waals surface area contributed by atoms with Crippen LogP contribution in [-0.4, -0.2) is 51.1 Å². The first-order valence-electron chi connectivity index (χ1n) is 7.29. The van der Waals surface area contributed by atoms with Gasteiger partial charge in [-0.1, -0.05) is 11.6 Å². The average Bonchev–Trinajstić information content (AvgIpc) is 2.85. The topological polar surface area (TPSA) is 98.8 Å². The number of halogens is 1. The highest BCUT2D eigenvalue weighted by Gasteiger charge is 2.29. The largest absolute Gasteiger partial charge is 0.482 e. The smallest absolute Gasteiger partial charge is 0.344 e. The van der Waals surface area contributed by atoms with Crippen LogP contribution < -0.4 is 10.1 Å². The predicted octanol–water partition coefficient (Wildman–Crippen LogP) is 0.874. The first kappa shape index (κ1) is 18.5. The van der Waals surface area contributed by atoms with Crippen LogP contribution in [0.1, 0.15) is 12.0 Å². The van der Waals surface area contributed by atoms with Gasteiger partial charge in [0.1, 0.15) is 5.75 Å². The van der Waals surface area contributed by atoms with E-state index in [4.69, 9.17) is 21.1 Å². The molecule has 1 amide bonds. The van der Waals surface area contributed by atoms with E-state index < -0.39 is 34.4 Å². The molecule has 7 nitrogen and oxygen atoms in total. The van der Waals surface area contributed by atoms with Crippen molar-refractivity contribution < 1.29 is 27.5 Å². The van der Waals surface area contributed by atoms with E-state index in [1.54, 1.807) is 25.1 Å². The zero-order chi connectivity index (χ0) is 17.7. The quantitative estimate of drug-likeness (QED) is 0.741. The average molecular weight is 376 g/mol. The zero-order valence-corrected chi connectivity index (χ0v) is 14.7. The molecule has 0 aromatic heterocycles. The Bertz CT molecular complexity index is 733. The highest BCUT2D eigenvalue weighted by Crippen LogP contribution is 2.20. The van der Waals surface area contributed by atoms with E-state index in [0.717, 1.165) is 5.56 Å². The van der Waals surface area contributed by atoms with Crippen LogP contribution in [0, 0.1) is 6.92 Å². The lowest BCUT2D eigenvalue weighted by molar-refractivity contribution is -0.150.